The molecule has 0 aromatic heterocycles. The van der Waals surface area contributed by atoms with E-state index in [4.69, 9.17) is 4.74 Å². The minimum Gasteiger partial charge on any atom is -0.423 e. The number of aryl methyl sites for hydroxylation is 1. The van der Waals surface area contributed by atoms with E-state index in [0.29, 0.717) is 0 Å². The highest BCUT2D eigenvalue weighted by Gasteiger charge is 2.28. The van der Waals surface area contributed by atoms with E-state index in [2.05, 4.69) is 6.92 Å². The molecule has 2 nitrogen and oxygen atoms in total. The molecule has 22 heavy (non-hydrogen) atoms. The van der Waals surface area contributed by atoms with Crippen molar-refractivity contribution in [2.75, 3.05) is 0 Å². The normalized spacial score (nSPS) is 21.6. The monoisotopic (exact) mass is 306 g/mol. The Morgan fingerprint density at radius 2 is 1.95 bits per heavy atom. The summed E-state index contributed by atoms with van der Waals surface area (Å²) in [7, 11) is 0. The number of hydrogen-bond acceptors (Lipinski definition) is 2. The zero-order chi connectivity index (χ0) is 15.9. The average Bonchev–Trinajstić information content (AvgIpc) is 2.51. The first-order valence-electron chi connectivity index (χ1n) is 8.58. The Labute approximate surface area is 133 Å². The molecule has 1 fully saturated rings. The molecule has 0 heterocycles. The molecule has 1 saturated carbocycles. The van der Waals surface area contributed by atoms with E-state index >= 15 is 0 Å². The van der Waals surface area contributed by atoms with Gasteiger partial charge in [-0.15, -0.1) is 0 Å². The molecule has 0 atom stereocenters. The molecule has 0 aliphatic heterocycles. The van der Waals surface area contributed by atoms with Crippen LogP contribution in [0, 0.1) is 24.6 Å². The molecule has 122 valence electrons. The number of hydrogen-bond donors (Lipinski definition) is 0. The van der Waals surface area contributed by atoms with Crippen LogP contribution in [-0.2, 0) is 4.79 Å². The maximum atomic E-state index is 13.7. The van der Waals surface area contributed by atoms with Gasteiger partial charge in [0.05, 0.1) is 5.92 Å². The van der Waals surface area contributed by atoms with Gasteiger partial charge in [0.2, 0.25) is 0 Å². The highest BCUT2D eigenvalue weighted by atomic mass is 19.1. The summed E-state index contributed by atoms with van der Waals surface area (Å²) in [6.07, 6.45) is 9.08. The molecule has 0 N–H and O–H groups in total. The van der Waals surface area contributed by atoms with Crippen LogP contribution >= 0.6 is 0 Å². The largest absolute Gasteiger partial charge is 0.423 e. The minimum atomic E-state index is -0.457. The van der Waals surface area contributed by atoms with Gasteiger partial charge in [-0.1, -0.05) is 38.7 Å². The van der Waals surface area contributed by atoms with Crippen molar-refractivity contribution in [3.05, 3.63) is 29.6 Å². The van der Waals surface area contributed by atoms with Gasteiger partial charge < -0.3 is 4.74 Å². The second-order valence-corrected chi connectivity index (χ2v) is 6.57. The van der Waals surface area contributed by atoms with E-state index < -0.39 is 5.82 Å². The third-order valence-electron chi connectivity index (χ3n) is 4.69. The van der Waals surface area contributed by atoms with Gasteiger partial charge in [-0.25, -0.2) is 4.39 Å². The molecule has 0 amide bonds. The SMILES string of the molecule is CCCCCC1CCC(C(=O)Oc2ccc(C)cc2F)CC1. The Morgan fingerprint density at radius 1 is 1.23 bits per heavy atom. The van der Waals surface area contributed by atoms with Crippen molar-refractivity contribution < 1.29 is 13.9 Å². The fourth-order valence-electron chi connectivity index (χ4n) is 3.25. The highest BCUT2D eigenvalue weighted by molar-refractivity contribution is 5.75. The van der Waals surface area contributed by atoms with Crippen molar-refractivity contribution in [1.29, 1.82) is 0 Å². The molecule has 0 saturated heterocycles. The van der Waals surface area contributed by atoms with Gasteiger partial charge >= 0.3 is 5.97 Å². The first kappa shape index (κ1) is 17.0. The Balaban J connectivity index is 1.80. The van der Waals surface area contributed by atoms with Crippen LogP contribution in [0.15, 0.2) is 18.2 Å². The summed E-state index contributed by atoms with van der Waals surface area (Å²) in [5.41, 5.74) is 0.824. The molecule has 0 radical (unpaired) electrons. The summed E-state index contributed by atoms with van der Waals surface area (Å²) in [5.74, 6) is 0.0203. The van der Waals surface area contributed by atoms with Gasteiger partial charge in [-0.2, -0.15) is 0 Å². The zero-order valence-corrected chi connectivity index (χ0v) is 13.7. The van der Waals surface area contributed by atoms with E-state index in [1.165, 1.54) is 31.7 Å². The van der Waals surface area contributed by atoms with E-state index in [1.54, 1.807) is 12.1 Å². The topological polar surface area (TPSA) is 26.3 Å². The minimum absolute atomic E-state index is 0.0562. The summed E-state index contributed by atoms with van der Waals surface area (Å²) in [4.78, 5) is 12.2. The maximum Gasteiger partial charge on any atom is 0.314 e. The zero-order valence-electron chi connectivity index (χ0n) is 13.7. The number of unbranched alkanes of at least 4 members (excludes halogenated alkanes) is 2. The van der Waals surface area contributed by atoms with Crippen molar-refractivity contribution in [3.63, 3.8) is 0 Å². The van der Waals surface area contributed by atoms with E-state index in [-0.39, 0.29) is 17.6 Å². The predicted molar refractivity (Wildman–Crippen MR) is 86.4 cm³/mol. The smallest absolute Gasteiger partial charge is 0.314 e. The van der Waals surface area contributed by atoms with Crippen LogP contribution < -0.4 is 4.74 Å². The van der Waals surface area contributed by atoms with Crippen LogP contribution in [0.2, 0.25) is 0 Å². The first-order valence-corrected chi connectivity index (χ1v) is 8.58. The lowest BCUT2D eigenvalue weighted by atomic mass is 9.80. The quantitative estimate of drug-likeness (QED) is 0.398. The van der Waals surface area contributed by atoms with Gasteiger partial charge in [-0.05, 0) is 56.2 Å². The Kier molecular flexibility index (Phi) is 6.41. The third kappa shape index (κ3) is 4.82. The molecule has 3 heteroatoms. The third-order valence-corrected chi connectivity index (χ3v) is 4.69. The number of rotatable bonds is 6. The van der Waals surface area contributed by atoms with Crippen molar-refractivity contribution in [2.24, 2.45) is 11.8 Å². The molecule has 2 rings (SSSR count). The molecular weight excluding hydrogens is 279 g/mol. The van der Waals surface area contributed by atoms with Gasteiger partial charge in [0.15, 0.2) is 11.6 Å². The summed E-state index contributed by atoms with van der Waals surface area (Å²) in [6.45, 7) is 4.03. The second-order valence-electron chi connectivity index (χ2n) is 6.57. The highest BCUT2D eigenvalue weighted by Crippen LogP contribution is 2.33. The Hall–Kier alpha value is -1.38. The van der Waals surface area contributed by atoms with Crippen molar-refractivity contribution in [1.82, 2.24) is 0 Å². The predicted octanol–water partition coefficient (Wildman–Crippen LogP) is 5.43. The van der Waals surface area contributed by atoms with Crippen LogP contribution in [0.4, 0.5) is 4.39 Å². The summed E-state index contributed by atoms with van der Waals surface area (Å²) < 4.78 is 19.0. The number of benzene rings is 1. The van der Waals surface area contributed by atoms with Crippen molar-refractivity contribution >= 4 is 5.97 Å². The van der Waals surface area contributed by atoms with Gasteiger partial charge in [0.1, 0.15) is 0 Å². The van der Waals surface area contributed by atoms with Crippen LogP contribution in [0.3, 0.4) is 0 Å². The van der Waals surface area contributed by atoms with Crippen LogP contribution in [-0.4, -0.2) is 5.97 Å². The lowest BCUT2D eigenvalue weighted by Gasteiger charge is -2.27. The Bertz CT molecular complexity index is 490. The van der Waals surface area contributed by atoms with Crippen molar-refractivity contribution in [3.8, 4) is 5.75 Å². The standard InChI is InChI=1S/C19H27FO2/c1-3-4-5-6-15-8-10-16(11-9-15)19(21)22-18-12-7-14(2)13-17(18)20/h7,12-13,15-16H,3-6,8-11H2,1-2H3. The first-order chi connectivity index (χ1) is 10.6. The molecule has 1 aromatic rings. The van der Waals surface area contributed by atoms with Gasteiger partial charge in [0.25, 0.3) is 0 Å². The van der Waals surface area contributed by atoms with E-state index in [0.717, 1.165) is 37.2 Å². The second kappa shape index (κ2) is 8.30. The van der Waals surface area contributed by atoms with Crippen molar-refractivity contribution in [2.45, 2.75) is 65.2 Å². The average molecular weight is 306 g/mol. The molecule has 0 unspecified atom stereocenters. The van der Waals surface area contributed by atoms with E-state index in [9.17, 15) is 9.18 Å². The lowest BCUT2D eigenvalue weighted by Crippen LogP contribution is -2.26. The Morgan fingerprint density at radius 3 is 2.59 bits per heavy atom. The lowest BCUT2D eigenvalue weighted by molar-refractivity contribution is -0.140. The fraction of sp³-hybridized carbons (Fsp3) is 0.632. The number of halogens is 1. The number of carbonyl (C=O) groups excluding carboxylic acids is 1. The van der Waals surface area contributed by atoms with Gasteiger partial charge in [-0.3, -0.25) is 4.79 Å². The summed E-state index contributed by atoms with van der Waals surface area (Å²) in [5, 5.41) is 0. The van der Waals surface area contributed by atoms with Crippen LogP contribution in [0.1, 0.15) is 63.9 Å². The van der Waals surface area contributed by atoms with Crippen LogP contribution in [0.5, 0.6) is 5.75 Å². The fourth-order valence-corrected chi connectivity index (χ4v) is 3.25. The molecular formula is C19H27FO2. The summed E-state index contributed by atoms with van der Waals surface area (Å²) in [6, 6.07) is 4.70. The van der Waals surface area contributed by atoms with E-state index in [1.807, 2.05) is 6.92 Å². The number of carbonyl (C=O) groups is 1. The molecule has 1 aliphatic rings. The molecule has 0 spiro atoms. The number of esters is 1. The van der Waals surface area contributed by atoms with Gasteiger partial charge in [0, 0.05) is 0 Å². The molecule has 1 aliphatic carbocycles. The van der Waals surface area contributed by atoms with Crippen LogP contribution in [0.25, 0.3) is 0 Å². The molecule has 1 aromatic carbocycles. The number of ether oxygens (including phenoxy) is 1. The summed E-state index contributed by atoms with van der Waals surface area (Å²) >= 11 is 0. The molecule has 0 bridgehead atoms. The maximum absolute atomic E-state index is 13.7.